The van der Waals surface area contributed by atoms with Crippen molar-refractivity contribution in [2.45, 2.75) is 44.8 Å². The topological polar surface area (TPSA) is 38.0 Å². The molecule has 0 spiro atoms. The van der Waals surface area contributed by atoms with Crippen molar-refractivity contribution < 1.29 is 5.11 Å². The van der Waals surface area contributed by atoms with E-state index in [9.17, 15) is 5.11 Å². The summed E-state index contributed by atoms with van der Waals surface area (Å²) in [6, 6.07) is 8.76. The molecule has 3 nitrogen and oxygen atoms in total. The van der Waals surface area contributed by atoms with E-state index in [-0.39, 0.29) is 6.10 Å². The fourth-order valence-electron chi connectivity index (χ4n) is 4.29. The van der Waals surface area contributed by atoms with Crippen molar-refractivity contribution in [3.63, 3.8) is 0 Å². The number of nitrogens with zero attached hydrogens (tertiary/aromatic N) is 2. The predicted molar refractivity (Wildman–Crippen MR) is 82.1 cm³/mol. The van der Waals surface area contributed by atoms with E-state index >= 15 is 0 Å². The highest BCUT2D eigenvalue weighted by Crippen LogP contribution is 2.61. The number of rotatable bonds is 4. The zero-order valence-corrected chi connectivity index (χ0v) is 12.4. The second-order valence-electron chi connectivity index (χ2n) is 6.41. The molecular formula is C18H22N2O. The first-order chi connectivity index (χ1) is 10.3. The van der Waals surface area contributed by atoms with Gasteiger partial charge in [0, 0.05) is 25.4 Å². The lowest BCUT2D eigenvalue weighted by Gasteiger charge is -2.13. The van der Waals surface area contributed by atoms with Crippen LogP contribution >= 0.6 is 0 Å². The molecule has 2 aliphatic rings. The van der Waals surface area contributed by atoms with E-state index < -0.39 is 0 Å². The van der Waals surface area contributed by atoms with Gasteiger partial charge in [-0.25, -0.2) is 4.98 Å². The Labute approximate surface area is 125 Å². The van der Waals surface area contributed by atoms with Crippen molar-refractivity contribution in [1.82, 2.24) is 9.55 Å². The van der Waals surface area contributed by atoms with Gasteiger partial charge in [-0.15, -0.1) is 0 Å². The summed E-state index contributed by atoms with van der Waals surface area (Å²) in [6.45, 7) is 3.03. The molecule has 1 heterocycles. The molecule has 4 rings (SSSR count). The van der Waals surface area contributed by atoms with E-state index in [4.69, 9.17) is 0 Å². The number of aromatic nitrogens is 2. The molecule has 4 atom stereocenters. The molecule has 0 bridgehead atoms. The number of benzene rings is 1. The summed E-state index contributed by atoms with van der Waals surface area (Å²) >= 11 is 0. The molecule has 1 saturated carbocycles. The Balaban J connectivity index is 1.52. The Hall–Kier alpha value is -1.61. The smallest absolute Gasteiger partial charge is 0.111 e. The average molecular weight is 282 g/mol. The Morgan fingerprint density at radius 2 is 2.24 bits per heavy atom. The zero-order chi connectivity index (χ0) is 14.4. The first-order valence-corrected chi connectivity index (χ1v) is 8.05. The number of aliphatic hydroxyl groups excluding tert-OH is 1. The van der Waals surface area contributed by atoms with Gasteiger partial charge in [-0.1, -0.05) is 24.3 Å². The predicted octanol–water partition coefficient (Wildman–Crippen LogP) is 2.78. The van der Waals surface area contributed by atoms with E-state index in [0.29, 0.717) is 24.2 Å². The average Bonchev–Trinajstić information content (AvgIpc) is 3.11. The Bertz CT molecular complexity index is 648. The zero-order valence-electron chi connectivity index (χ0n) is 12.4. The normalized spacial score (nSPS) is 27.8. The Morgan fingerprint density at radius 3 is 3.10 bits per heavy atom. The highest BCUT2D eigenvalue weighted by atomic mass is 16.3. The minimum absolute atomic E-state index is 0.265. The van der Waals surface area contributed by atoms with Gasteiger partial charge in [0.1, 0.15) is 5.82 Å². The fourth-order valence-corrected chi connectivity index (χ4v) is 4.29. The lowest BCUT2D eigenvalue weighted by atomic mass is 9.92. The molecule has 1 aromatic heterocycles. The summed E-state index contributed by atoms with van der Waals surface area (Å²) < 4.78 is 2.13. The standard InChI is InChI=1S/C18H22N2O/c1-2-20-10-9-19-16(20)11-15(21)18-14-8-7-12-5-3-4-6-13(12)17(14)18/h3-6,9-10,14-15,17-18,21H,2,7-8,11H2,1H3. The van der Waals surface area contributed by atoms with Gasteiger partial charge in [-0.2, -0.15) is 0 Å². The van der Waals surface area contributed by atoms with Gasteiger partial charge < -0.3 is 9.67 Å². The molecule has 110 valence electrons. The van der Waals surface area contributed by atoms with Crippen molar-refractivity contribution in [3.05, 3.63) is 53.6 Å². The number of imidazole rings is 1. The third-order valence-corrected chi connectivity index (χ3v) is 5.37. The summed E-state index contributed by atoms with van der Waals surface area (Å²) in [6.07, 6.45) is 6.65. The highest BCUT2D eigenvalue weighted by Gasteiger charge is 2.56. The SMILES string of the molecule is CCn1ccnc1CC(O)C1C2CCc3ccccc3C21. The van der Waals surface area contributed by atoms with Crippen LogP contribution < -0.4 is 0 Å². The Kier molecular flexibility index (Phi) is 3.11. The molecule has 4 unspecified atom stereocenters. The lowest BCUT2D eigenvalue weighted by Crippen LogP contribution is -2.18. The van der Waals surface area contributed by atoms with Crippen LogP contribution in [0.4, 0.5) is 0 Å². The van der Waals surface area contributed by atoms with Gasteiger partial charge in [0.25, 0.3) is 0 Å². The molecular weight excluding hydrogens is 260 g/mol. The molecule has 0 saturated heterocycles. The molecule has 0 radical (unpaired) electrons. The number of fused-ring (bicyclic) bond motifs is 3. The van der Waals surface area contributed by atoms with Gasteiger partial charge in [-0.3, -0.25) is 0 Å². The van der Waals surface area contributed by atoms with Crippen LogP contribution in [0.1, 0.15) is 36.2 Å². The van der Waals surface area contributed by atoms with Crippen molar-refractivity contribution in [1.29, 1.82) is 0 Å². The fraction of sp³-hybridized carbons (Fsp3) is 0.500. The van der Waals surface area contributed by atoms with Gasteiger partial charge in [0.15, 0.2) is 0 Å². The third-order valence-electron chi connectivity index (χ3n) is 5.37. The van der Waals surface area contributed by atoms with Crippen LogP contribution in [0, 0.1) is 11.8 Å². The van der Waals surface area contributed by atoms with Crippen molar-refractivity contribution in [3.8, 4) is 0 Å². The highest BCUT2D eigenvalue weighted by molar-refractivity contribution is 5.39. The molecule has 1 N–H and O–H groups in total. The van der Waals surface area contributed by atoms with E-state index in [1.807, 2.05) is 12.4 Å². The summed E-state index contributed by atoms with van der Waals surface area (Å²) in [7, 11) is 0. The second kappa shape index (κ2) is 4.99. The minimum Gasteiger partial charge on any atom is -0.392 e. The summed E-state index contributed by atoms with van der Waals surface area (Å²) in [5, 5.41) is 10.7. The molecule has 1 fully saturated rings. The minimum atomic E-state index is -0.265. The summed E-state index contributed by atoms with van der Waals surface area (Å²) in [4.78, 5) is 4.40. The van der Waals surface area contributed by atoms with E-state index in [1.165, 1.54) is 24.0 Å². The third kappa shape index (κ3) is 2.11. The summed E-state index contributed by atoms with van der Waals surface area (Å²) in [5.41, 5.74) is 2.97. The first kappa shape index (κ1) is 13.1. The van der Waals surface area contributed by atoms with Crippen LogP contribution in [-0.4, -0.2) is 20.8 Å². The Morgan fingerprint density at radius 1 is 1.38 bits per heavy atom. The lowest BCUT2D eigenvalue weighted by molar-refractivity contribution is 0.140. The monoisotopic (exact) mass is 282 g/mol. The van der Waals surface area contributed by atoms with Gasteiger partial charge in [0.05, 0.1) is 6.10 Å². The molecule has 3 heteroatoms. The van der Waals surface area contributed by atoms with Crippen molar-refractivity contribution in [2.75, 3.05) is 0 Å². The van der Waals surface area contributed by atoms with Crippen LogP contribution in [0.15, 0.2) is 36.7 Å². The number of hydrogen-bond acceptors (Lipinski definition) is 2. The van der Waals surface area contributed by atoms with Crippen LogP contribution in [0.25, 0.3) is 0 Å². The number of hydrogen-bond donors (Lipinski definition) is 1. The van der Waals surface area contributed by atoms with Crippen LogP contribution in [0.3, 0.4) is 0 Å². The molecule has 2 aliphatic carbocycles. The number of aliphatic hydroxyl groups is 1. The molecule has 1 aromatic carbocycles. The molecule has 0 amide bonds. The maximum Gasteiger partial charge on any atom is 0.111 e. The molecule has 2 aromatic rings. The molecule has 0 aliphatic heterocycles. The van der Waals surface area contributed by atoms with Crippen molar-refractivity contribution >= 4 is 0 Å². The van der Waals surface area contributed by atoms with Gasteiger partial charge in [0.2, 0.25) is 0 Å². The largest absolute Gasteiger partial charge is 0.392 e. The van der Waals surface area contributed by atoms with Crippen LogP contribution in [0.5, 0.6) is 0 Å². The van der Waals surface area contributed by atoms with Gasteiger partial charge >= 0.3 is 0 Å². The van der Waals surface area contributed by atoms with E-state index in [0.717, 1.165) is 12.4 Å². The van der Waals surface area contributed by atoms with Crippen molar-refractivity contribution in [2.24, 2.45) is 11.8 Å². The maximum absolute atomic E-state index is 10.7. The number of aryl methyl sites for hydroxylation is 2. The molecule has 21 heavy (non-hydrogen) atoms. The first-order valence-electron chi connectivity index (χ1n) is 8.05. The van der Waals surface area contributed by atoms with E-state index in [2.05, 4.69) is 40.7 Å². The van der Waals surface area contributed by atoms with Crippen LogP contribution in [-0.2, 0) is 19.4 Å². The van der Waals surface area contributed by atoms with E-state index in [1.54, 1.807) is 0 Å². The summed E-state index contributed by atoms with van der Waals surface area (Å²) in [5.74, 6) is 2.70. The quantitative estimate of drug-likeness (QED) is 0.936. The van der Waals surface area contributed by atoms with Gasteiger partial charge in [-0.05, 0) is 48.6 Å². The second-order valence-corrected chi connectivity index (χ2v) is 6.41. The maximum atomic E-state index is 10.7. The van der Waals surface area contributed by atoms with Crippen LogP contribution in [0.2, 0.25) is 0 Å².